The number of carbonyl (C=O) groups is 1. The topological polar surface area (TPSA) is 77.1 Å². The number of nitrogens with one attached hydrogen (secondary N) is 1. The van der Waals surface area contributed by atoms with Crippen molar-refractivity contribution >= 4 is 11.6 Å². The average molecular weight is 237 g/mol. The number of pyridine rings is 1. The van der Waals surface area contributed by atoms with Gasteiger partial charge in [0.1, 0.15) is 0 Å². The molecule has 0 bridgehead atoms. The summed E-state index contributed by atoms with van der Waals surface area (Å²) < 4.78 is 1.42. The van der Waals surface area contributed by atoms with Crippen LogP contribution >= 0.6 is 0 Å². The van der Waals surface area contributed by atoms with E-state index in [1.807, 2.05) is 6.92 Å². The van der Waals surface area contributed by atoms with E-state index in [9.17, 15) is 9.59 Å². The van der Waals surface area contributed by atoms with Crippen LogP contribution in [0, 0.1) is 5.92 Å². The van der Waals surface area contributed by atoms with Crippen LogP contribution in [0.4, 0.5) is 5.69 Å². The van der Waals surface area contributed by atoms with Crippen LogP contribution < -0.4 is 16.6 Å². The Bertz CT molecular complexity index is 440. The van der Waals surface area contributed by atoms with Gasteiger partial charge in [-0.15, -0.1) is 0 Å². The second-order valence-corrected chi connectivity index (χ2v) is 4.08. The molecule has 0 spiro atoms. The van der Waals surface area contributed by atoms with Crippen molar-refractivity contribution in [2.45, 2.75) is 19.8 Å². The molecular formula is C12H19N3O2. The zero-order valence-electron chi connectivity index (χ0n) is 10.3. The Morgan fingerprint density at radius 3 is 2.76 bits per heavy atom. The summed E-state index contributed by atoms with van der Waals surface area (Å²) in [4.78, 5) is 23.0. The summed E-state index contributed by atoms with van der Waals surface area (Å²) in [5.74, 6) is -0.259. The number of amides is 1. The lowest BCUT2D eigenvalue weighted by Crippen LogP contribution is -2.29. The highest BCUT2D eigenvalue weighted by molar-refractivity contribution is 5.92. The molecule has 0 saturated heterocycles. The molecule has 0 saturated carbocycles. The summed E-state index contributed by atoms with van der Waals surface area (Å²) in [5.41, 5.74) is 6.06. The van der Waals surface area contributed by atoms with E-state index in [0.29, 0.717) is 12.2 Å². The third-order valence-electron chi connectivity index (χ3n) is 2.65. The molecule has 0 aliphatic carbocycles. The third kappa shape index (κ3) is 3.71. The fraction of sp³-hybridized carbons (Fsp3) is 0.500. The van der Waals surface area contributed by atoms with Crippen molar-refractivity contribution in [1.82, 2.24) is 4.57 Å². The summed E-state index contributed by atoms with van der Waals surface area (Å²) in [6.45, 7) is 2.35. The second-order valence-electron chi connectivity index (χ2n) is 4.08. The van der Waals surface area contributed by atoms with Crippen LogP contribution in [0.2, 0.25) is 0 Å². The molecule has 1 atom stereocenters. The minimum atomic E-state index is -0.169. The van der Waals surface area contributed by atoms with Crippen molar-refractivity contribution < 1.29 is 4.79 Å². The Morgan fingerprint density at radius 2 is 2.24 bits per heavy atom. The van der Waals surface area contributed by atoms with Crippen LogP contribution in [-0.2, 0) is 11.8 Å². The smallest absolute Gasteiger partial charge is 0.250 e. The van der Waals surface area contributed by atoms with Crippen molar-refractivity contribution in [2.24, 2.45) is 18.7 Å². The van der Waals surface area contributed by atoms with Crippen molar-refractivity contribution in [1.29, 1.82) is 0 Å². The summed E-state index contributed by atoms with van der Waals surface area (Å²) >= 11 is 0. The molecule has 5 heteroatoms. The molecule has 17 heavy (non-hydrogen) atoms. The number of hydrogen-bond acceptors (Lipinski definition) is 3. The van der Waals surface area contributed by atoms with E-state index in [4.69, 9.17) is 5.73 Å². The lowest BCUT2D eigenvalue weighted by atomic mass is 10.0. The fourth-order valence-electron chi connectivity index (χ4n) is 1.62. The Hall–Kier alpha value is -1.62. The summed E-state index contributed by atoms with van der Waals surface area (Å²) in [7, 11) is 1.64. The number of anilines is 1. The van der Waals surface area contributed by atoms with E-state index in [1.54, 1.807) is 19.3 Å². The highest BCUT2D eigenvalue weighted by Gasteiger charge is 2.15. The molecule has 1 unspecified atom stereocenters. The molecule has 0 aromatic carbocycles. The largest absolute Gasteiger partial charge is 0.330 e. The molecule has 0 radical (unpaired) electrons. The van der Waals surface area contributed by atoms with Gasteiger partial charge >= 0.3 is 0 Å². The SMILES string of the molecule is CCCC(CN)C(=O)Nc1ccc(=O)n(C)c1. The number of hydrogen-bond donors (Lipinski definition) is 2. The molecule has 1 amide bonds. The quantitative estimate of drug-likeness (QED) is 0.791. The lowest BCUT2D eigenvalue weighted by Gasteiger charge is -2.14. The van der Waals surface area contributed by atoms with Gasteiger partial charge in [-0.2, -0.15) is 0 Å². The standard InChI is InChI=1S/C12H19N3O2/c1-3-4-9(7-13)12(17)14-10-5-6-11(16)15(2)8-10/h5-6,8-9H,3-4,7,13H2,1-2H3,(H,14,17). The molecule has 94 valence electrons. The number of aryl methyl sites for hydroxylation is 1. The van der Waals surface area contributed by atoms with Gasteiger partial charge in [0.15, 0.2) is 0 Å². The van der Waals surface area contributed by atoms with Crippen LogP contribution in [0.3, 0.4) is 0 Å². The first-order chi connectivity index (χ1) is 8.08. The van der Waals surface area contributed by atoms with Gasteiger partial charge in [0.2, 0.25) is 11.5 Å². The van der Waals surface area contributed by atoms with Gasteiger partial charge in [0, 0.05) is 25.9 Å². The highest BCUT2D eigenvalue weighted by Crippen LogP contribution is 2.09. The van der Waals surface area contributed by atoms with Gasteiger partial charge in [0.25, 0.3) is 0 Å². The monoisotopic (exact) mass is 237 g/mol. The van der Waals surface area contributed by atoms with Crippen molar-refractivity contribution in [2.75, 3.05) is 11.9 Å². The van der Waals surface area contributed by atoms with Gasteiger partial charge in [-0.3, -0.25) is 9.59 Å². The van der Waals surface area contributed by atoms with Gasteiger partial charge in [-0.05, 0) is 12.5 Å². The highest BCUT2D eigenvalue weighted by atomic mass is 16.2. The van der Waals surface area contributed by atoms with Crippen molar-refractivity contribution in [3.05, 3.63) is 28.7 Å². The van der Waals surface area contributed by atoms with E-state index in [-0.39, 0.29) is 17.4 Å². The Labute approximate surface area is 101 Å². The molecule has 1 heterocycles. The fourth-order valence-corrected chi connectivity index (χ4v) is 1.62. The maximum absolute atomic E-state index is 11.9. The van der Waals surface area contributed by atoms with Crippen LogP contribution in [0.15, 0.2) is 23.1 Å². The maximum Gasteiger partial charge on any atom is 0.250 e. The van der Waals surface area contributed by atoms with Crippen LogP contribution in [0.5, 0.6) is 0 Å². The Kier molecular flexibility index (Phi) is 4.90. The number of nitrogens with zero attached hydrogens (tertiary/aromatic N) is 1. The van der Waals surface area contributed by atoms with Gasteiger partial charge in [0.05, 0.1) is 11.6 Å². The molecule has 1 rings (SSSR count). The van der Waals surface area contributed by atoms with Crippen LogP contribution in [-0.4, -0.2) is 17.0 Å². The predicted octanol–water partition coefficient (Wildman–Crippen LogP) is 0.699. The molecule has 1 aromatic rings. The van der Waals surface area contributed by atoms with Crippen LogP contribution in [0.25, 0.3) is 0 Å². The summed E-state index contributed by atoms with van der Waals surface area (Å²) in [5, 5.41) is 2.77. The number of rotatable bonds is 5. The molecule has 0 aliphatic rings. The van der Waals surface area contributed by atoms with Crippen molar-refractivity contribution in [3.63, 3.8) is 0 Å². The van der Waals surface area contributed by atoms with Crippen LogP contribution in [0.1, 0.15) is 19.8 Å². The maximum atomic E-state index is 11.9. The second kappa shape index (κ2) is 6.20. The molecule has 5 nitrogen and oxygen atoms in total. The van der Waals surface area contributed by atoms with Gasteiger partial charge < -0.3 is 15.6 Å². The number of aromatic nitrogens is 1. The van der Waals surface area contributed by atoms with E-state index in [0.717, 1.165) is 12.8 Å². The number of carbonyl (C=O) groups excluding carboxylic acids is 1. The van der Waals surface area contributed by atoms with Gasteiger partial charge in [-0.25, -0.2) is 0 Å². The number of nitrogens with two attached hydrogens (primary N) is 1. The molecule has 0 aliphatic heterocycles. The molecule has 3 N–H and O–H groups in total. The first-order valence-corrected chi connectivity index (χ1v) is 5.76. The lowest BCUT2D eigenvalue weighted by molar-refractivity contribution is -0.119. The zero-order chi connectivity index (χ0) is 12.8. The van der Waals surface area contributed by atoms with E-state index >= 15 is 0 Å². The normalized spacial score (nSPS) is 12.2. The summed E-state index contributed by atoms with van der Waals surface area (Å²) in [6, 6.07) is 3.02. The Morgan fingerprint density at radius 1 is 1.53 bits per heavy atom. The average Bonchev–Trinajstić information content (AvgIpc) is 2.30. The zero-order valence-corrected chi connectivity index (χ0v) is 10.3. The first-order valence-electron chi connectivity index (χ1n) is 5.76. The first kappa shape index (κ1) is 13.4. The van der Waals surface area contributed by atoms with E-state index < -0.39 is 0 Å². The molecular weight excluding hydrogens is 218 g/mol. The minimum absolute atomic E-state index is 0.0898. The molecule has 1 aromatic heterocycles. The predicted molar refractivity (Wildman–Crippen MR) is 67.8 cm³/mol. The van der Waals surface area contributed by atoms with E-state index in [1.165, 1.54) is 10.6 Å². The summed E-state index contributed by atoms with van der Waals surface area (Å²) in [6.07, 6.45) is 3.29. The Balaban J connectivity index is 2.73. The minimum Gasteiger partial charge on any atom is -0.330 e. The van der Waals surface area contributed by atoms with E-state index in [2.05, 4.69) is 5.32 Å². The van der Waals surface area contributed by atoms with Gasteiger partial charge in [-0.1, -0.05) is 13.3 Å². The molecule has 0 fully saturated rings. The van der Waals surface area contributed by atoms with Crippen molar-refractivity contribution in [3.8, 4) is 0 Å². The third-order valence-corrected chi connectivity index (χ3v) is 2.65.